The van der Waals surface area contributed by atoms with E-state index in [1.807, 2.05) is 25.1 Å². The summed E-state index contributed by atoms with van der Waals surface area (Å²) in [5.41, 5.74) is 2.21. The molecule has 5 nitrogen and oxygen atoms in total. The molecule has 24 heavy (non-hydrogen) atoms. The van der Waals surface area contributed by atoms with Crippen LogP contribution >= 0.6 is 11.6 Å². The SMILES string of the molecule is Cc1ccc(Nc2cc(C(=O)NC3CCCCC3)ncn2)cc1Cl. The van der Waals surface area contributed by atoms with Gasteiger partial charge in [0.1, 0.15) is 17.8 Å². The highest BCUT2D eigenvalue weighted by Gasteiger charge is 2.17. The molecule has 1 heterocycles. The first kappa shape index (κ1) is 16.7. The van der Waals surface area contributed by atoms with Gasteiger partial charge in [0.2, 0.25) is 0 Å². The van der Waals surface area contributed by atoms with Crippen LogP contribution in [0.3, 0.4) is 0 Å². The average Bonchev–Trinajstić information content (AvgIpc) is 2.59. The zero-order valence-corrected chi connectivity index (χ0v) is 14.4. The zero-order valence-electron chi connectivity index (χ0n) is 13.7. The Hall–Kier alpha value is -2.14. The standard InChI is InChI=1S/C18H21ClN4O/c1-12-7-8-14(9-15(12)19)22-17-10-16(20-11-21-17)18(24)23-13-5-3-2-4-6-13/h7-11,13H,2-6H2,1H3,(H,23,24)(H,20,21,22). The van der Waals surface area contributed by atoms with Gasteiger partial charge in [0, 0.05) is 22.8 Å². The van der Waals surface area contributed by atoms with Crippen LogP contribution in [0.4, 0.5) is 11.5 Å². The maximum atomic E-state index is 12.4. The molecule has 126 valence electrons. The van der Waals surface area contributed by atoms with Gasteiger partial charge in [-0.1, -0.05) is 36.9 Å². The lowest BCUT2D eigenvalue weighted by atomic mass is 9.95. The van der Waals surface area contributed by atoms with E-state index in [0.29, 0.717) is 16.5 Å². The van der Waals surface area contributed by atoms with Crippen molar-refractivity contribution in [3.05, 3.63) is 46.9 Å². The van der Waals surface area contributed by atoms with Crippen molar-refractivity contribution in [1.29, 1.82) is 0 Å². The van der Waals surface area contributed by atoms with Gasteiger partial charge in [-0.15, -0.1) is 0 Å². The van der Waals surface area contributed by atoms with Crippen LogP contribution in [0, 0.1) is 6.92 Å². The predicted molar refractivity (Wildman–Crippen MR) is 95.8 cm³/mol. The number of benzene rings is 1. The number of rotatable bonds is 4. The Morgan fingerprint density at radius 1 is 1.17 bits per heavy atom. The van der Waals surface area contributed by atoms with Gasteiger partial charge in [-0.25, -0.2) is 9.97 Å². The smallest absolute Gasteiger partial charge is 0.270 e. The third-order valence-corrected chi connectivity index (χ3v) is 4.69. The molecule has 0 bridgehead atoms. The molecule has 6 heteroatoms. The van der Waals surface area contributed by atoms with Gasteiger partial charge in [-0.3, -0.25) is 4.79 Å². The molecule has 1 fully saturated rings. The molecule has 1 saturated carbocycles. The maximum absolute atomic E-state index is 12.4. The molecule has 3 rings (SSSR count). The van der Waals surface area contributed by atoms with Gasteiger partial charge >= 0.3 is 0 Å². The first-order valence-corrected chi connectivity index (χ1v) is 8.66. The van der Waals surface area contributed by atoms with Gasteiger partial charge in [-0.2, -0.15) is 0 Å². The summed E-state index contributed by atoms with van der Waals surface area (Å²) in [5, 5.41) is 6.90. The lowest BCUT2D eigenvalue weighted by Gasteiger charge is -2.22. The molecule has 1 aliphatic rings. The number of amides is 1. The summed E-state index contributed by atoms with van der Waals surface area (Å²) in [4.78, 5) is 20.6. The number of halogens is 1. The monoisotopic (exact) mass is 344 g/mol. The van der Waals surface area contributed by atoms with Crippen molar-refractivity contribution in [3.8, 4) is 0 Å². The normalized spacial score (nSPS) is 15.1. The molecule has 1 amide bonds. The van der Waals surface area contributed by atoms with Crippen LogP contribution in [0.5, 0.6) is 0 Å². The summed E-state index contributed by atoms with van der Waals surface area (Å²) in [6.07, 6.45) is 7.10. The molecule has 0 spiro atoms. The minimum absolute atomic E-state index is 0.144. The molecule has 1 aromatic heterocycles. The Bertz CT molecular complexity index is 729. The van der Waals surface area contributed by atoms with E-state index < -0.39 is 0 Å². The van der Waals surface area contributed by atoms with Crippen LogP contribution in [0.2, 0.25) is 5.02 Å². The molecule has 0 atom stereocenters. The van der Waals surface area contributed by atoms with E-state index in [9.17, 15) is 4.79 Å². The second-order valence-electron chi connectivity index (χ2n) is 6.19. The zero-order chi connectivity index (χ0) is 16.9. The number of aromatic nitrogens is 2. The van der Waals surface area contributed by atoms with E-state index in [1.165, 1.54) is 25.6 Å². The van der Waals surface area contributed by atoms with Crippen LogP contribution in [0.1, 0.15) is 48.2 Å². The topological polar surface area (TPSA) is 66.9 Å². The van der Waals surface area contributed by atoms with E-state index in [4.69, 9.17) is 11.6 Å². The summed E-state index contributed by atoms with van der Waals surface area (Å²) >= 11 is 6.13. The van der Waals surface area contributed by atoms with Crippen molar-refractivity contribution >= 4 is 29.0 Å². The number of carbonyl (C=O) groups excluding carboxylic acids is 1. The lowest BCUT2D eigenvalue weighted by Crippen LogP contribution is -2.36. The van der Waals surface area contributed by atoms with Crippen LogP contribution in [-0.4, -0.2) is 21.9 Å². The number of carbonyl (C=O) groups is 1. The van der Waals surface area contributed by atoms with E-state index in [0.717, 1.165) is 24.1 Å². The quantitative estimate of drug-likeness (QED) is 0.870. The second-order valence-corrected chi connectivity index (χ2v) is 6.59. The Morgan fingerprint density at radius 3 is 2.71 bits per heavy atom. The minimum Gasteiger partial charge on any atom is -0.348 e. The molecule has 0 unspecified atom stereocenters. The number of hydrogen-bond acceptors (Lipinski definition) is 4. The second kappa shape index (κ2) is 7.62. The Labute approximate surface area is 146 Å². The fraction of sp³-hybridized carbons (Fsp3) is 0.389. The van der Waals surface area contributed by atoms with Crippen molar-refractivity contribution in [3.63, 3.8) is 0 Å². The summed E-state index contributed by atoms with van der Waals surface area (Å²) in [5.74, 6) is 0.424. The van der Waals surface area contributed by atoms with Crippen molar-refractivity contribution in [2.24, 2.45) is 0 Å². The van der Waals surface area contributed by atoms with E-state index in [2.05, 4.69) is 20.6 Å². The largest absolute Gasteiger partial charge is 0.348 e. The van der Waals surface area contributed by atoms with Crippen LogP contribution in [0.25, 0.3) is 0 Å². The third kappa shape index (κ3) is 4.23. The fourth-order valence-corrected chi connectivity index (χ4v) is 3.06. The van der Waals surface area contributed by atoms with Gasteiger partial charge in [0.05, 0.1) is 0 Å². The Morgan fingerprint density at radius 2 is 1.96 bits per heavy atom. The van der Waals surface area contributed by atoms with E-state index in [1.54, 1.807) is 6.07 Å². The van der Waals surface area contributed by atoms with Crippen LogP contribution in [0.15, 0.2) is 30.6 Å². The van der Waals surface area contributed by atoms with Crippen molar-refractivity contribution in [2.45, 2.75) is 45.1 Å². The first-order chi connectivity index (χ1) is 11.6. The molecular formula is C18H21ClN4O. The van der Waals surface area contributed by atoms with Crippen LogP contribution < -0.4 is 10.6 Å². The fourth-order valence-electron chi connectivity index (χ4n) is 2.87. The summed E-state index contributed by atoms with van der Waals surface area (Å²) < 4.78 is 0. The van der Waals surface area contributed by atoms with Crippen molar-refractivity contribution in [2.75, 3.05) is 5.32 Å². The molecular weight excluding hydrogens is 324 g/mol. The number of hydrogen-bond donors (Lipinski definition) is 2. The van der Waals surface area contributed by atoms with Crippen molar-refractivity contribution in [1.82, 2.24) is 15.3 Å². The highest BCUT2D eigenvalue weighted by atomic mass is 35.5. The van der Waals surface area contributed by atoms with Gasteiger partial charge in [0.15, 0.2) is 0 Å². The highest BCUT2D eigenvalue weighted by Crippen LogP contribution is 2.22. The molecule has 0 aliphatic heterocycles. The summed E-state index contributed by atoms with van der Waals surface area (Å²) in [7, 11) is 0. The molecule has 2 aromatic rings. The van der Waals surface area contributed by atoms with Gasteiger partial charge < -0.3 is 10.6 Å². The van der Waals surface area contributed by atoms with Crippen molar-refractivity contribution < 1.29 is 4.79 Å². The number of nitrogens with one attached hydrogen (secondary N) is 2. The van der Waals surface area contributed by atoms with E-state index >= 15 is 0 Å². The third-order valence-electron chi connectivity index (χ3n) is 4.28. The Kier molecular flexibility index (Phi) is 5.30. The molecule has 1 aliphatic carbocycles. The average molecular weight is 345 g/mol. The molecule has 2 N–H and O–H groups in total. The summed E-state index contributed by atoms with van der Waals surface area (Å²) in [6, 6.07) is 7.61. The van der Waals surface area contributed by atoms with Gasteiger partial charge in [0.25, 0.3) is 5.91 Å². The Balaban J connectivity index is 1.68. The van der Waals surface area contributed by atoms with Gasteiger partial charge in [-0.05, 0) is 37.5 Å². The predicted octanol–water partition coefficient (Wildman–Crippen LogP) is 4.24. The first-order valence-electron chi connectivity index (χ1n) is 8.28. The highest BCUT2D eigenvalue weighted by molar-refractivity contribution is 6.31. The minimum atomic E-state index is -0.144. The van der Waals surface area contributed by atoms with E-state index in [-0.39, 0.29) is 11.9 Å². The molecule has 0 radical (unpaired) electrons. The number of aryl methyl sites for hydroxylation is 1. The maximum Gasteiger partial charge on any atom is 0.270 e. The number of anilines is 2. The summed E-state index contributed by atoms with van der Waals surface area (Å²) in [6.45, 7) is 1.95. The molecule has 0 saturated heterocycles. The lowest BCUT2D eigenvalue weighted by molar-refractivity contribution is 0.0922. The molecule has 1 aromatic carbocycles. The number of nitrogens with zero attached hydrogens (tertiary/aromatic N) is 2. The van der Waals surface area contributed by atoms with Crippen LogP contribution in [-0.2, 0) is 0 Å².